The summed E-state index contributed by atoms with van der Waals surface area (Å²) >= 11 is 1.86. The van der Waals surface area contributed by atoms with E-state index in [0.29, 0.717) is 5.25 Å². The van der Waals surface area contributed by atoms with Gasteiger partial charge in [0.15, 0.2) is 0 Å². The largest absolute Gasteiger partial charge is 0.480 e. The number of carboxylic acids is 1. The van der Waals surface area contributed by atoms with Crippen molar-refractivity contribution in [2.24, 2.45) is 0 Å². The number of carboxylic acid groups (broad SMARTS) is 1. The van der Waals surface area contributed by atoms with E-state index in [2.05, 4.69) is 4.98 Å². The number of methoxy groups -OCH3 is 1. The number of hydrogen-bond acceptors (Lipinski definition) is 4. The Kier molecular flexibility index (Phi) is 3.33. The van der Waals surface area contributed by atoms with Crippen molar-refractivity contribution in [3.63, 3.8) is 0 Å². The zero-order valence-electron chi connectivity index (χ0n) is 8.97. The van der Waals surface area contributed by atoms with Gasteiger partial charge in [0.25, 0.3) is 0 Å². The molecule has 86 valence electrons. The van der Waals surface area contributed by atoms with E-state index in [1.165, 1.54) is 13.5 Å². The number of thioether (sulfide) groups is 1. The first-order valence-corrected chi connectivity index (χ1v) is 6.17. The SMILES string of the molecule is COc1nc(C2CCCS2)ccc1C(=O)O. The standard InChI is InChI=1S/C11H13NO3S/c1-15-10-7(11(13)14)4-5-8(12-10)9-3-2-6-16-9/h4-5,9H,2-3,6H2,1H3,(H,13,14). The molecule has 1 saturated heterocycles. The maximum absolute atomic E-state index is 10.9. The van der Waals surface area contributed by atoms with E-state index in [0.717, 1.165) is 17.9 Å². The molecule has 0 saturated carbocycles. The number of aromatic carboxylic acids is 1. The van der Waals surface area contributed by atoms with Gasteiger partial charge in [-0.2, -0.15) is 11.8 Å². The number of hydrogen-bond donors (Lipinski definition) is 1. The molecule has 0 amide bonds. The highest BCUT2D eigenvalue weighted by molar-refractivity contribution is 7.99. The van der Waals surface area contributed by atoms with Crippen molar-refractivity contribution in [3.8, 4) is 5.88 Å². The number of pyridine rings is 1. The summed E-state index contributed by atoms with van der Waals surface area (Å²) in [5.74, 6) is 0.350. The smallest absolute Gasteiger partial charge is 0.341 e. The second-order valence-corrected chi connectivity index (χ2v) is 4.91. The molecule has 0 aromatic carbocycles. The highest BCUT2D eigenvalue weighted by atomic mass is 32.2. The van der Waals surface area contributed by atoms with E-state index >= 15 is 0 Å². The molecule has 1 N–H and O–H groups in total. The van der Waals surface area contributed by atoms with Crippen LogP contribution in [0.25, 0.3) is 0 Å². The second-order valence-electron chi connectivity index (χ2n) is 3.60. The van der Waals surface area contributed by atoms with Gasteiger partial charge in [0.05, 0.1) is 12.8 Å². The summed E-state index contributed by atoms with van der Waals surface area (Å²) in [5.41, 5.74) is 1.04. The van der Waals surface area contributed by atoms with Gasteiger partial charge in [-0.1, -0.05) is 0 Å². The Morgan fingerprint density at radius 3 is 3.00 bits per heavy atom. The van der Waals surface area contributed by atoms with Crippen molar-refractivity contribution in [1.82, 2.24) is 4.98 Å². The summed E-state index contributed by atoms with van der Waals surface area (Å²) in [6.07, 6.45) is 2.30. The molecular formula is C11H13NO3S. The van der Waals surface area contributed by atoms with E-state index in [1.807, 2.05) is 11.8 Å². The van der Waals surface area contributed by atoms with E-state index in [-0.39, 0.29) is 11.4 Å². The Bertz CT molecular complexity index is 402. The van der Waals surface area contributed by atoms with Crippen LogP contribution in [0.2, 0.25) is 0 Å². The molecule has 0 bridgehead atoms. The lowest BCUT2D eigenvalue weighted by Gasteiger charge is -2.10. The fourth-order valence-corrected chi connectivity index (χ4v) is 3.02. The molecule has 4 nitrogen and oxygen atoms in total. The monoisotopic (exact) mass is 239 g/mol. The van der Waals surface area contributed by atoms with Crippen LogP contribution < -0.4 is 4.74 Å². The van der Waals surface area contributed by atoms with Gasteiger partial charge in [-0.25, -0.2) is 9.78 Å². The van der Waals surface area contributed by atoms with Crippen LogP contribution in [0, 0.1) is 0 Å². The number of ether oxygens (including phenoxy) is 1. The molecular weight excluding hydrogens is 226 g/mol. The van der Waals surface area contributed by atoms with Gasteiger partial charge in [0.2, 0.25) is 5.88 Å². The van der Waals surface area contributed by atoms with Crippen molar-refractivity contribution in [3.05, 3.63) is 23.4 Å². The Labute approximate surface area is 98.0 Å². The zero-order chi connectivity index (χ0) is 11.5. The maximum Gasteiger partial charge on any atom is 0.341 e. The molecule has 2 rings (SSSR count). The van der Waals surface area contributed by atoms with Gasteiger partial charge in [-0.05, 0) is 30.7 Å². The summed E-state index contributed by atoms with van der Waals surface area (Å²) in [4.78, 5) is 15.2. The molecule has 1 atom stereocenters. The quantitative estimate of drug-likeness (QED) is 0.877. The zero-order valence-corrected chi connectivity index (χ0v) is 9.79. The van der Waals surface area contributed by atoms with Crippen molar-refractivity contribution >= 4 is 17.7 Å². The molecule has 1 aliphatic heterocycles. The molecule has 0 spiro atoms. The van der Waals surface area contributed by atoms with E-state index < -0.39 is 5.97 Å². The van der Waals surface area contributed by atoms with E-state index in [1.54, 1.807) is 12.1 Å². The van der Waals surface area contributed by atoms with Crippen molar-refractivity contribution in [2.45, 2.75) is 18.1 Å². The van der Waals surface area contributed by atoms with Crippen LogP contribution >= 0.6 is 11.8 Å². The first-order chi connectivity index (χ1) is 7.72. The maximum atomic E-state index is 10.9. The molecule has 1 aromatic rings. The van der Waals surface area contributed by atoms with Crippen molar-refractivity contribution < 1.29 is 14.6 Å². The van der Waals surface area contributed by atoms with Crippen LogP contribution in [-0.4, -0.2) is 28.9 Å². The molecule has 16 heavy (non-hydrogen) atoms. The van der Waals surface area contributed by atoms with Gasteiger partial charge in [0.1, 0.15) is 5.56 Å². The number of nitrogens with zero attached hydrogens (tertiary/aromatic N) is 1. The Hall–Kier alpha value is -1.23. The minimum absolute atomic E-state index is 0.120. The lowest BCUT2D eigenvalue weighted by molar-refractivity contribution is 0.0692. The first-order valence-electron chi connectivity index (χ1n) is 5.12. The second kappa shape index (κ2) is 4.74. The predicted molar refractivity (Wildman–Crippen MR) is 62.2 cm³/mol. The normalized spacial score (nSPS) is 19.7. The summed E-state index contributed by atoms with van der Waals surface area (Å²) in [5, 5.41) is 9.31. The fraction of sp³-hybridized carbons (Fsp3) is 0.455. The molecule has 1 fully saturated rings. The van der Waals surface area contributed by atoms with Crippen LogP contribution in [0.5, 0.6) is 5.88 Å². The lowest BCUT2D eigenvalue weighted by atomic mass is 10.1. The van der Waals surface area contributed by atoms with Gasteiger partial charge in [-0.15, -0.1) is 0 Å². The molecule has 0 aliphatic carbocycles. The first kappa shape index (κ1) is 11.3. The lowest BCUT2D eigenvalue weighted by Crippen LogP contribution is -2.05. The van der Waals surface area contributed by atoms with Crippen LogP contribution in [0.4, 0.5) is 0 Å². The van der Waals surface area contributed by atoms with Crippen LogP contribution in [0.15, 0.2) is 12.1 Å². The molecule has 1 aliphatic rings. The summed E-state index contributed by atoms with van der Waals surface area (Å²) in [7, 11) is 1.44. The third-order valence-corrected chi connectivity index (χ3v) is 3.97. The molecule has 5 heteroatoms. The topological polar surface area (TPSA) is 59.4 Å². The summed E-state index contributed by atoms with van der Waals surface area (Å²) < 4.78 is 5.01. The fourth-order valence-electron chi connectivity index (χ4n) is 1.76. The average Bonchev–Trinajstić information content (AvgIpc) is 2.81. The average molecular weight is 239 g/mol. The van der Waals surface area contributed by atoms with Crippen molar-refractivity contribution in [2.75, 3.05) is 12.9 Å². The van der Waals surface area contributed by atoms with E-state index in [4.69, 9.17) is 9.84 Å². The van der Waals surface area contributed by atoms with Gasteiger partial charge < -0.3 is 9.84 Å². The molecule has 1 unspecified atom stereocenters. The van der Waals surface area contributed by atoms with Gasteiger partial charge in [-0.3, -0.25) is 0 Å². The molecule has 0 radical (unpaired) electrons. The highest BCUT2D eigenvalue weighted by Crippen LogP contribution is 2.39. The predicted octanol–water partition coefficient (Wildman–Crippen LogP) is 2.36. The summed E-state index contributed by atoms with van der Waals surface area (Å²) in [6.45, 7) is 0. The van der Waals surface area contributed by atoms with Gasteiger partial charge in [0, 0.05) is 5.25 Å². The minimum atomic E-state index is -1.00. The Balaban J connectivity index is 2.32. The van der Waals surface area contributed by atoms with Crippen LogP contribution in [0.1, 0.15) is 34.1 Å². The third kappa shape index (κ3) is 2.14. The molecule has 1 aromatic heterocycles. The Morgan fingerprint density at radius 1 is 1.62 bits per heavy atom. The van der Waals surface area contributed by atoms with Crippen molar-refractivity contribution in [1.29, 1.82) is 0 Å². The summed E-state index contributed by atoms with van der Waals surface area (Å²) in [6, 6.07) is 3.36. The number of aromatic nitrogens is 1. The van der Waals surface area contributed by atoms with Gasteiger partial charge >= 0.3 is 5.97 Å². The van der Waals surface area contributed by atoms with E-state index in [9.17, 15) is 4.79 Å². The van der Waals surface area contributed by atoms with Crippen LogP contribution in [-0.2, 0) is 0 Å². The number of rotatable bonds is 3. The Morgan fingerprint density at radius 2 is 2.44 bits per heavy atom. The highest BCUT2D eigenvalue weighted by Gasteiger charge is 2.21. The third-order valence-electron chi connectivity index (χ3n) is 2.57. The number of carbonyl (C=O) groups is 1. The van der Waals surface area contributed by atoms with Crippen LogP contribution in [0.3, 0.4) is 0 Å². The molecule has 2 heterocycles. The minimum Gasteiger partial charge on any atom is -0.480 e.